The van der Waals surface area contributed by atoms with E-state index in [2.05, 4.69) is 20.3 Å². The highest BCUT2D eigenvalue weighted by Gasteiger charge is 2.27. The van der Waals surface area contributed by atoms with Crippen molar-refractivity contribution in [3.05, 3.63) is 47.3 Å². The normalized spacial score (nSPS) is 17.6. The van der Waals surface area contributed by atoms with Crippen molar-refractivity contribution in [2.75, 3.05) is 38.1 Å². The Morgan fingerprint density at radius 1 is 1.24 bits per heavy atom. The second-order valence-electron chi connectivity index (χ2n) is 6.48. The zero-order valence-electron chi connectivity index (χ0n) is 15.9. The van der Waals surface area contributed by atoms with Gasteiger partial charge in [0.05, 0.1) is 0 Å². The topological polar surface area (TPSA) is 85.8 Å². The van der Waals surface area contributed by atoms with E-state index in [0.717, 1.165) is 11.3 Å². The van der Waals surface area contributed by atoms with Crippen molar-refractivity contribution < 1.29 is 17.2 Å². The van der Waals surface area contributed by atoms with Crippen LogP contribution in [0.3, 0.4) is 0 Å². The summed E-state index contributed by atoms with van der Waals surface area (Å²) in [6.07, 6.45) is 0.694. The lowest BCUT2D eigenvalue weighted by Crippen LogP contribution is -2.46. The molecule has 2 aromatic rings. The summed E-state index contributed by atoms with van der Waals surface area (Å²) in [5, 5.41) is 7.95. The molecule has 158 valence electrons. The quantitative estimate of drug-likeness (QED) is 0.345. The third kappa shape index (κ3) is 5.43. The van der Waals surface area contributed by atoms with Gasteiger partial charge in [0, 0.05) is 39.3 Å². The Kier molecular flexibility index (Phi) is 7.04. The fourth-order valence-corrected chi connectivity index (χ4v) is 5.18. The van der Waals surface area contributed by atoms with Crippen molar-refractivity contribution in [3.8, 4) is 0 Å². The number of rotatable bonds is 7. The van der Waals surface area contributed by atoms with E-state index >= 15 is 0 Å². The van der Waals surface area contributed by atoms with Crippen LogP contribution in [0.4, 0.5) is 14.5 Å². The first-order valence-corrected chi connectivity index (χ1v) is 11.5. The molecule has 0 saturated carbocycles. The molecule has 1 saturated heterocycles. The van der Waals surface area contributed by atoms with Crippen LogP contribution >= 0.6 is 11.3 Å². The van der Waals surface area contributed by atoms with Crippen LogP contribution in [0.1, 0.15) is 6.42 Å². The van der Waals surface area contributed by atoms with Crippen molar-refractivity contribution >= 4 is 33.0 Å². The van der Waals surface area contributed by atoms with Gasteiger partial charge in [0.1, 0.15) is 21.5 Å². The Morgan fingerprint density at radius 3 is 2.66 bits per heavy atom. The minimum atomic E-state index is -3.50. The van der Waals surface area contributed by atoms with E-state index < -0.39 is 21.7 Å². The Labute approximate surface area is 172 Å². The van der Waals surface area contributed by atoms with Gasteiger partial charge >= 0.3 is 0 Å². The zero-order chi connectivity index (χ0) is 20.9. The number of thiophene rings is 1. The van der Waals surface area contributed by atoms with Crippen LogP contribution in [0.15, 0.2) is 44.9 Å². The molecule has 3 rings (SSSR count). The minimum Gasteiger partial charge on any atom is -0.365 e. The average molecular weight is 444 g/mol. The molecule has 1 aromatic heterocycles. The zero-order valence-corrected chi connectivity index (χ0v) is 17.5. The van der Waals surface area contributed by atoms with Crippen LogP contribution < -0.4 is 20.3 Å². The summed E-state index contributed by atoms with van der Waals surface area (Å²) in [5.74, 6) is -0.654. The number of halogens is 2. The average Bonchev–Trinajstić information content (AvgIpc) is 3.37. The monoisotopic (exact) mass is 443 g/mol. The highest BCUT2D eigenvalue weighted by atomic mass is 32.2. The van der Waals surface area contributed by atoms with Gasteiger partial charge in [0.15, 0.2) is 5.96 Å². The molecule has 11 heteroatoms. The number of nitrogens with zero attached hydrogens (tertiary/aromatic N) is 2. The van der Waals surface area contributed by atoms with Crippen molar-refractivity contribution in [1.29, 1.82) is 0 Å². The summed E-state index contributed by atoms with van der Waals surface area (Å²) in [4.78, 5) is 5.79. The first-order valence-electron chi connectivity index (χ1n) is 9.10. The van der Waals surface area contributed by atoms with E-state index in [1.165, 1.54) is 18.2 Å². The van der Waals surface area contributed by atoms with E-state index in [1.54, 1.807) is 29.5 Å². The fraction of sp³-hybridized carbons (Fsp3) is 0.389. The molecule has 2 heterocycles. The Hall–Kier alpha value is -2.24. The standard InChI is InChI=1S/C18H23F2N5O2S2/c1-21-18(22-8-9-23-29(26,27)16-6-3-11-28-16)24-13-7-10-25(12-13)17-14(19)4-2-5-15(17)20/h2-6,11,13,23H,7-10,12H2,1H3,(H2,21,22,24). The van der Waals surface area contributed by atoms with Crippen molar-refractivity contribution in [1.82, 2.24) is 15.4 Å². The summed E-state index contributed by atoms with van der Waals surface area (Å²) in [6, 6.07) is 7.03. The highest BCUT2D eigenvalue weighted by Crippen LogP contribution is 2.26. The predicted molar refractivity (Wildman–Crippen MR) is 111 cm³/mol. The third-order valence-corrected chi connectivity index (χ3v) is 7.33. The first-order chi connectivity index (χ1) is 13.9. The summed E-state index contributed by atoms with van der Waals surface area (Å²) in [6.45, 7) is 1.48. The van der Waals surface area contributed by atoms with E-state index in [4.69, 9.17) is 0 Å². The van der Waals surface area contributed by atoms with Gasteiger partial charge in [-0.25, -0.2) is 21.9 Å². The maximum Gasteiger partial charge on any atom is 0.250 e. The van der Waals surface area contributed by atoms with Crippen LogP contribution in [0, 0.1) is 11.6 Å². The fourth-order valence-electron chi connectivity index (χ4n) is 3.11. The van der Waals surface area contributed by atoms with Crippen molar-refractivity contribution in [3.63, 3.8) is 0 Å². The SMILES string of the molecule is CN=C(NCCNS(=O)(=O)c1cccs1)NC1CCN(c2c(F)cccc2F)C1. The number of nitrogens with one attached hydrogen (secondary N) is 3. The van der Waals surface area contributed by atoms with E-state index in [-0.39, 0.29) is 22.5 Å². The molecule has 7 nitrogen and oxygen atoms in total. The largest absolute Gasteiger partial charge is 0.365 e. The van der Waals surface area contributed by atoms with Crippen LogP contribution in [0.2, 0.25) is 0 Å². The summed E-state index contributed by atoms with van der Waals surface area (Å²) < 4.78 is 54.9. The molecular weight excluding hydrogens is 420 g/mol. The molecule has 0 spiro atoms. The first kappa shape index (κ1) is 21.5. The molecule has 1 fully saturated rings. The van der Waals surface area contributed by atoms with E-state index in [9.17, 15) is 17.2 Å². The van der Waals surface area contributed by atoms with Crippen LogP contribution in [0.25, 0.3) is 0 Å². The smallest absolute Gasteiger partial charge is 0.250 e. The molecular formula is C18H23F2N5O2S2. The molecule has 1 aromatic carbocycles. The molecule has 0 amide bonds. The van der Waals surface area contributed by atoms with Gasteiger partial charge in [-0.2, -0.15) is 0 Å². The maximum absolute atomic E-state index is 14.0. The van der Waals surface area contributed by atoms with Gasteiger partial charge in [-0.3, -0.25) is 4.99 Å². The van der Waals surface area contributed by atoms with E-state index in [1.807, 2.05) is 0 Å². The predicted octanol–water partition coefficient (Wildman–Crippen LogP) is 1.75. The third-order valence-electron chi connectivity index (χ3n) is 4.48. The molecule has 1 aliphatic heterocycles. The number of benzene rings is 1. The lowest BCUT2D eigenvalue weighted by atomic mass is 10.2. The molecule has 0 bridgehead atoms. The van der Waals surface area contributed by atoms with E-state index in [0.29, 0.717) is 32.0 Å². The number of hydrogen-bond donors (Lipinski definition) is 3. The van der Waals surface area contributed by atoms with Gasteiger partial charge in [0.2, 0.25) is 10.0 Å². The summed E-state index contributed by atoms with van der Waals surface area (Å²) in [7, 11) is -1.89. The van der Waals surface area contributed by atoms with Gasteiger partial charge in [-0.05, 0) is 30.0 Å². The van der Waals surface area contributed by atoms with Crippen LogP contribution in [-0.4, -0.2) is 53.6 Å². The minimum absolute atomic E-state index is 0.0114. The number of para-hydroxylation sites is 1. The van der Waals surface area contributed by atoms with Crippen molar-refractivity contribution in [2.45, 2.75) is 16.7 Å². The molecule has 0 aliphatic carbocycles. The lowest BCUT2D eigenvalue weighted by molar-refractivity contribution is 0.575. The summed E-state index contributed by atoms with van der Waals surface area (Å²) in [5.41, 5.74) is -0.0114. The second-order valence-corrected chi connectivity index (χ2v) is 9.42. The number of aliphatic imine (C=N–C) groups is 1. The number of hydrogen-bond acceptors (Lipinski definition) is 5. The Bertz CT molecular complexity index is 931. The van der Waals surface area contributed by atoms with Gasteiger partial charge in [-0.15, -0.1) is 11.3 Å². The highest BCUT2D eigenvalue weighted by molar-refractivity contribution is 7.91. The van der Waals surface area contributed by atoms with Gasteiger partial charge in [0.25, 0.3) is 0 Å². The van der Waals surface area contributed by atoms with Crippen LogP contribution in [-0.2, 0) is 10.0 Å². The Balaban J connectivity index is 1.46. The van der Waals surface area contributed by atoms with Gasteiger partial charge in [-0.1, -0.05) is 12.1 Å². The molecule has 1 atom stereocenters. The molecule has 0 radical (unpaired) electrons. The number of guanidine groups is 1. The second kappa shape index (κ2) is 9.51. The summed E-state index contributed by atoms with van der Waals surface area (Å²) >= 11 is 1.16. The molecule has 29 heavy (non-hydrogen) atoms. The number of anilines is 1. The maximum atomic E-state index is 14.0. The number of sulfonamides is 1. The molecule has 1 aliphatic rings. The Morgan fingerprint density at radius 2 is 2.00 bits per heavy atom. The van der Waals surface area contributed by atoms with Gasteiger partial charge < -0.3 is 15.5 Å². The lowest BCUT2D eigenvalue weighted by Gasteiger charge is -2.21. The van der Waals surface area contributed by atoms with Crippen molar-refractivity contribution in [2.24, 2.45) is 4.99 Å². The molecule has 3 N–H and O–H groups in total. The molecule has 1 unspecified atom stereocenters. The van der Waals surface area contributed by atoms with Crippen LogP contribution in [0.5, 0.6) is 0 Å².